The number of allylic oxidation sites excluding steroid dienone is 1. The summed E-state index contributed by atoms with van der Waals surface area (Å²) in [7, 11) is 0. The number of rotatable bonds is 5. The number of aromatic nitrogens is 3. The van der Waals surface area contributed by atoms with E-state index in [2.05, 4.69) is 197 Å². The summed E-state index contributed by atoms with van der Waals surface area (Å²) in [6.07, 6.45) is 6.77. The molecule has 11 rings (SSSR count). The van der Waals surface area contributed by atoms with Gasteiger partial charge < -0.3 is 4.57 Å². The lowest BCUT2D eigenvalue weighted by Crippen LogP contribution is -2.01. The third-order valence-corrected chi connectivity index (χ3v) is 11.2. The van der Waals surface area contributed by atoms with Gasteiger partial charge in [0.25, 0.3) is 0 Å². The summed E-state index contributed by atoms with van der Waals surface area (Å²) >= 11 is 0. The molecule has 0 amide bonds. The van der Waals surface area contributed by atoms with Crippen molar-refractivity contribution in [2.45, 2.75) is 12.8 Å². The van der Waals surface area contributed by atoms with E-state index in [-0.39, 0.29) is 0 Å². The summed E-state index contributed by atoms with van der Waals surface area (Å²) in [5.74, 6) is 0.905. The highest BCUT2D eigenvalue weighted by Crippen LogP contribution is 2.40. The van der Waals surface area contributed by atoms with Crippen molar-refractivity contribution >= 4 is 49.6 Å². The van der Waals surface area contributed by atoms with Crippen molar-refractivity contribution in [2.75, 3.05) is 0 Å². The zero-order valence-electron chi connectivity index (χ0n) is 29.7. The fourth-order valence-corrected chi connectivity index (χ4v) is 8.66. The van der Waals surface area contributed by atoms with Gasteiger partial charge in [0.2, 0.25) is 0 Å². The number of nitrogens with zero attached hydrogens (tertiary/aromatic N) is 3. The molecule has 0 bridgehead atoms. The molecular formula is C51H35N3. The van der Waals surface area contributed by atoms with Crippen LogP contribution in [0.5, 0.6) is 0 Å². The maximum atomic E-state index is 5.33. The fraction of sp³-hybridized carbons (Fsp3) is 0.0392. The Hall–Kier alpha value is -6.97. The Kier molecular flexibility index (Phi) is 6.99. The number of hydrogen-bond donors (Lipinski definition) is 0. The summed E-state index contributed by atoms with van der Waals surface area (Å²) in [6.45, 7) is 0. The number of aryl methyl sites for hydroxylation is 1. The van der Waals surface area contributed by atoms with Crippen LogP contribution in [0.4, 0.5) is 0 Å². The van der Waals surface area contributed by atoms with Crippen LogP contribution in [0.2, 0.25) is 0 Å². The average molecular weight is 690 g/mol. The van der Waals surface area contributed by atoms with Crippen LogP contribution >= 0.6 is 0 Å². The van der Waals surface area contributed by atoms with Gasteiger partial charge >= 0.3 is 0 Å². The first-order valence-corrected chi connectivity index (χ1v) is 18.8. The van der Waals surface area contributed by atoms with Gasteiger partial charge in [-0.15, -0.1) is 0 Å². The molecule has 7 aromatic carbocycles. The molecule has 254 valence electrons. The molecule has 1 aliphatic rings. The normalized spacial score (nSPS) is 12.6. The van der Waals surface area contributed by atoms with Crippen molar-refractivity contribution in [3.8, 4) is 45.0 Å². The topological polar surface area (TPSA) is 22.8 Å². The Morgan fingerprint density at radius 2 is 1.13 bits per heavy atom. The monoisotopic (exact) mass is 689 g/mol. The van der Waals surface area contributed by atoms with Crippen molar-refractivity contribution in [1.82, 2.24) is 14.1 Å². The lowest BCUT2D eigenvalue weighted by molar-refractivity contribution is 0.970. The molecular weight excluding hydrogens is 655 g/mol. The van der Waals surface area contributed by atoms with Gasteiger partial charge in [0.1, 0.15) is 5.82 Å². The van der Waals surface area contributed by atoms with Crippen LogP contribution in [-0.4, -0.2) is 14.1 Å². The average Bonchev–Trinajstić information content (AvgIpc) is 3.76. The minimum Gasteiger partial charge on any atom is -0.309 e. The Bertz CT molecular complexity index is 3030. The molecule has 0 aliphatic heterocycles. The molecule has 0 unspecified atom stereocenters. The van der Waals surface area contributed by atoms with Crippen LogP contribution in [0.15, 0.2) is 182 Å². The second kappa shape index (κ2) is 12.3. The molecule has 10 aromatic rings. The summed E-state index contributed by atoms with van der Waals surface area (Å²) in [4.78, 5) is 5.33. The quantitative estimate of drug-likeness (QED) is 0.176. The van der Waals surface area contributed by atoms with Gasteiger partial charge in [0.15, 0.2) is 0 Å². The zero-order chi connectivity index (χ0) is 35.6. The molecule has 0 atom stereocenters. The fourth-order valence-electron chi connectivity index (χ4n) is 8.66. The van der Waals surface area contributed by atoms with Crippen LogP contribution in [0, 0.1) is 0 Å². The highest BCUT2D eigenvalue weighted by molar-refractivity contribution is 6.10. The van der Waals surface area contributed by atoms with Gasteiger partial charge in [-0.3, -0.25) is 4.57 Å². The van der Waals surface area contributed by atoms with E-state index in [1.807, 2.05) is 0 Å². The molecule has 54 heavy (non-hydrogen) atoms. The van der Waals surface area contributed by atoms with Crippen LogP contribution in [0.25, 0.3) is 94.6 Å². The lowest BCUT2D eigenvalue weighted by atomic mass is 9.98. The first-order valence-electron chi connectivity index (χ1n) is 18.8. The van der Waals surface area contributed by atoms with E-state index in [9.17, 15) is 0 Å². The molecule has 1 aliphatic carbocycles. The van der Waals surface area contributed by atoms with E-state index >= 15 is 0 Å². The first kappa shape index (κ1) is 30.6. The Morgan fingerprint density at radius 3 is 2.00 bits per heavy atom. The molecule has 0 N–H and O–H groups in total. The second-order valence-electron chi connectivity index (χ2n) is 14.3. The highest BCUT2D eigenvalue weighted by Gasteiger charge is 2.21. The first-order chi connectivity index (χ1) is 26.8. The number of fused-ring (bicyclic) bond motifs is 7. The lowest BCUT2D eigenvalue weighted by Gasteiger charge is -2.15. The smallest absolute Gasteiger partial charge is 0.138 e. The SMILES string of the molecule is C1=Cc2c(c3ccc(-c4ccc5c(c4)c4ccccc4n5-c4cc(-c5ccccc5)cc(-c5ccccc5)n4)cc3n2-c2cccc3ccccc23)CC1. The number of hydrogen-bond acceptors (Lipinski definition) is 1. The summed E-state index contributed by atoms with van der Waals surface area (Å²) in [6, 6.07) is 63.7. The largest absolute Gasteiger partial charge is 0.309 e. The molecule has 0 fully saturated rings. The standard InChI is InChI=1S/C51H35N3/c1-3-14-34(15-4-1)39-31-45(36-17-5-2-6-18-36)52-51(33-39)54-48-24-12-10-22-42(48)44-30-37(27-29-49(44)54)38-26-28-43-41-21-9-11-23-47(41)53(50(43)32-38)46-25-13-19-35-16-7-8-20-40(35)46/h1-8,10-20,22-33H,9,21H2. The van der Waals surface area contributed by atoms with Crippen molar-refractivity contribution in [1.29, 1.82) is 0 Å². The maximum Gasteiger partial charge on any atom is 0.138 e. The van der Waals surface area contributed by atoms with Crippen molar-refractivity contribution in [2.24, 2.45) is 0 Å². The summed E-state index contributed by atoms with van der Waals surface area (Å²) < 4.78 is 4.83. The van der Waals surface area contributed by atoms with E-state index in [1.165, 1.54) is 66.1 Å². The predicted molar refractivity (Wildman–Crippen MR) is 227 cm³/mol. The maximum absolute atomic E-state index is 5.33. The number of para-hydroxylation sites is 1. The second-order valence-corrected chi connectivity index (χ2v) is 14.3. The van der Waals surface area contributed by atoms with E-state index in [0.29, 0.717) is 0 Å². The van der Waals surface area contributed by atoms with Crippen LogP contribution < -0.4 is 0 Å². The number of pyridine rings is 1. The van der Waals surface area contributed by atoms with Crippen molar-refractivity contribution in [3.05, 3.63) is 193 Å². The molecule has 0 radical (unpaired) electrons. The van der Waals surface area contributed by atoms with Gasteiger partial charge in [-0.25, -0.2) is 4.98 Å². The van der Waals surface area contributed by atoms with E-state index in [4.69, 9.17) is 4.98 Å². The van der Waals surface area contributed by atoms with Crippen molar-refractivity contribution in [3.63, 3.8) is 0 Å². The molecule has 0 saturated heterocycles. The van der Waals surface area contributed by atoms with Gasteiger partial charge in [0.05, 0.1) is 27.9 Å². The molecule has 3 heterocycles. The molecule has 3 aromatic heterocycles. The van der Waals surface area contributed by atoms with E-state index < -0.39 is 0 Å². The minimum atomic E-state index is 0.905. The van der Waals surface area contributed by atoms with Crippen LogP contribution in [0.3, 0.4) is 0 Å². The van der Waals surface area contributed by atoms with Gasteiger partial charge in [-0.2, -0.15) is 0 Å². The third-order valence-electron chi connectivity index (χ3n) is 11.2. The van der Waals surface area contributed by atoms with Gasteiger partial charge in [-0.05, 0) is 94.6 Å². The third kappa shape index (κ3) is 4.86. The Labute approximate surface area is 313 Å². The van der Waals surface area contributed by atoms with E-state index in [0.717, 1.165) is 46.5 Å². The molecule has 0 spiro atoms. The van der Waals surface area contributed by atoms with Gasteiger partial charge in [0, 0.05) is 32.8 Å². The van der Waals surface area contributed by atoms with Crippen LogP contribution in [0.1, 0.15) is 17.7 Å². The van der Waals surface area contributed by atoms with Gasteiger partial charge in [-0.1, -0.05) is 140 Å². The van der Waals surface area contributed by atoms with E-state index in [1.54, 1.807) is 0 Å². The minimum absolute atomic E-state index is 0.905. The van der Waals surface area contributed by atoms with Crippen molar-refractivity contribution < 1.29 is 0 Å². The highest BCUT2D eigenvalue weighted by atomic mass is 15.1. The molecule has 3 heteroatoms. The predicted octanol–water partition coefficient (Wildman–Crippen LogP) is 13.2. The molecule has 3 nitrogen and oxygen atoms in total. The van der Waals surface area contributed by atoms with Crippen LogP contribution in [-0.2, 0) is 6.42 Å². The number of benzene rings is 7. The summed E-state index contributed by atoms with van der Waals surface area (Å²) in [5, 5.41) is 6.27. The Morgan fingerprint density at radius 1 is 0.426 bits per heavy atom. The molecule has 0 saturated carbocycles. The summed E-state index contributed by atoms with van der Waals surface area (Å²) in [5.41, 5.74) is 14.2. The zero-order valence-corrected chi connectivity index (χ0v) is 29.7. The Balaban J connectivity index is 1.11.